The zero-order valence-corrected chi connectivity index (χ0v) is 14.2. The van der Waals surface area contributed by atoms with E-state index in [1.165, 1.54) is 10.9 Å². The number of hydrogen-bond donors (Lipinski definition) is 1. The van der Waals surface area contributed by atoms with Gasteiger partial charge in [0.1, 0.15) is 0 Å². The lowest BCUT2D eigenvalue weighted by Crippen LogP contribution is -2.38. The largest absolute Gasteiger partial charge is 0.329 e. The highest BCUT2D eigenvalue weighted by Gasteiger charge is 2.20. The Kier molecular flexibility index (Phi) is 5.62. The van der Waals surface area contributed by atoms with Crippen LogP contribution in [0.3, 0.4) is 0 Å². The molecule has 0 radical (unpaired) electrons. The van der Waals surface area contributed by atoms with Crippen LogP contribution in [0.25, 0.3) is 10.9 Å². The molecule has 0 spiro atoms. The Morgan fingerprint density at radius 2 is 2.05 bits per heavy atom. The van der Waals surface area contributed by atoms with Crippen LogP contribution in [-0.2, 0) is 0 Å². The molecule has 2 rings (SSSR count). The Balaban J connectivity index is 2.31. The molecule has 0 bridgehead atoms. The monoisotopic (exact) mass is 303 g/mol. The summed E-state index contributed by atoms with van der Waals surface area (Å²) in [5.41, 5.74) is 9.42. The SMILES string of the molecule is CSCC(C)N(C)C(CN)c1ccc2nc(C)ccc2c1. The number of likely N-dealkylation sites (N-methyl/N-ethyl adjacent to an activating group) is 1. The van der Waals surface area contributed by atoms with Crippen molar-refractivity contribution in [3.05, 3.63) is 41.6 Å². The average Bonchev–Trinajstić information content (AvgIpc) is 2.48. The molecular formula is C17H25N3S. The lowest BCUT2D eigenvalue weighted by molar-refractivity contribution is 0.204. The van der Waals surface area contributed by atoms with Crippen molar-refractivity contribution in [2.24, 2.45) is 5.73 Å². The van der Waals surface area contributed by atoms with Gasteiger partial charge < -0.3 is 5.73 Å². The first-order chi connectivity index (χ1) is 10.1. The van der Waals surface area contributed by atoms with Gasteiger partial charge in [-0.1, -0.05) is 12.1 Å². The van der Waals surface area contributed by atoms with E-state index in [4.69, 9.17) is 5.73 Å². The topological polar surface area (TPSA) is 42.1 Å². The first-order valence-electron chi connectivity index (χ1n) is 7.35. The van der Waals surface area contributed by atoms with Crippen molar-refractivity contribution < 1.29 is 0 Å². The molecule has 0 fully saturated rings. The molecule has 0 saturated carbocycles. The van der Waals surface area contributed by atoms with Crippen molar-refractivity contribution in [2.45, 2.75) is 25.9 Å². The third-order valence-corrected chi connectivity index (χ3v) is 4.87. The number of nitrogens with two attached hydrogens (primary N) is 1. The smallest absolute Gasteiger partial charge is 0.0705 e. The van der Waals surface area contributed by atoms with Gasteiger partial charge in [0, 0.05) is 35.5 Å². The maximum Gasteiger partial charge on any atom is 0.0705 e. The van der Waals surface area contributed by atoms with E-state index in [1.54, 1.807) is 0 Å². The molecule has 4 heteroatoms. The van der Waals surface area contributed by atoms with E-state index in [0.717, 1.165) is 17.0 Å². The second-order valence-electron chi connectivity index (χ2n) is 5.63. The molecule has 21 heavy (non-hydrogen) atoms. The highest BCUT2D eigenvalue weighted by molar-refractivity contribution is 7.98. The molecule has 0 aliphatic rings. The van der Waals surface area contributed by atoms with E-state index in [2.05, 4.69) is 60.4 Å². The van der Waals surface area contributed by atoms with Crippen molar-refractivity contribution in [3.8, 4) is 0 Å². The van der Waals surface area contributed by atoms with Gasteiger partial charge in [-0.3, -0.25) is 9.88 Å². The summed E-state index contributed by atoms with van der Waals surface area (Å²) < 4.78 is 0. The number of fused-ring (bicyclic) bond motifs is 1. The Hall–Kier alpha value is -1.10. The molecule has 2 atom stereocenters. The Labute approximate surface area is 131 Å². The molecule has 1 aromatic carbocycles. The number of nitrogens with zero attached hydrogens (tertiary/aromatic N) is 2. The van der Waals surface area contributed by atoms with Crippen LogP contribution in [0.15, 0.2) is 30.3 Å². The fourth-order valence-corrected chi connectivity index (χ4v) is 3.37. The summed E-state index contributed by atoms with van der Waals surface area (Å²) in [4.78, 5) is 6.94. The van der Waals surface area contributed by atoms with Crippen LogP contribution in [0.1, 0.15) is 24.2 Å². The highest BCUT2D eigenvalue weighted by Crippen LogP contribution is 2.25. The predicted molar refractivity (Wildman–Crippen MR) is 93.9 cm³/mol. The van der Waals surface area contributed by atoms with Gasteiger partial charge in [-0.2, -0.15) is 11.8 Å². The van der Waals surface area contributed by atoms with Gasteiger partial charge in [0.2, 0.25) is 0 Å². The van der Waals surface area contributed by atoms with Crippen molar-refractivity contribution >= 4 is 22.7 Å². The molecule has 2 N–H and O–H groups in total. The van der Waals surface area contributed by atoms with Crippen LogP contribution in [0, 0.1) is 6.92 Å². The lowest BCUT2D eigenvalue weighted by atomic mass is 10.0. The van der Waals surface area contributed by atoms with Crippen LogP contribution in [0.5, 0.6) is 0 Å². The van der Waals surface area contributed by atoms with E-state index in [-0.39, 0.29) is 6.04 Å². The summed E-state index contributed by atoms with van der Waals surface area (Å²) in [6, 6.07) is 11.4. The number of aromatic nitrogens is 1. The summed E-state index contributed by atoms with van der Waals surface area (Å²) in [5, 5.41) is 1.18. The number of thioether (sulfide) groups is 1. The van der Waals surface area contributed by atoms with Crippen LogP contribution in [0.4, 0.5) is 0 Å². The molecule has 0 aliphatic heterocycles. The molecular weight excluding hydrogens is 278 g/mol. The standard InChI is InChI=1S/C17H25N3S/c1-12-5-6-14-9-15(7-8-16(14)19-12)17(10-18)20(3)13(2)11-21-4/h5-9,13,17H,10-11,18H2,1-4H3. The van der Waals surface area contributed by atoms with Crippen LogP contribution >= 0.6 is 11.8 Å². The van der Waals surface area contributed by atoms with Crippen molar-refractivity contribution in [2.75, 3.05) is 25.6 Å². The van der Waals surface area contributed by atoms with Crippen molar-refractivity contribution in [1.82, 2.24) is 9.88 Å². The Morgan fingerprint density at radius 3 is 2.71 bits per heavy atom. The number of benzene rings is 1. The van der Waals surface area contributed by atoms with Crippen LogP contribution in [0.2, 0.25) is 0 Å². The third kappa shape index (κ3) is 3.76. The fourth-order valence-electron chi connectivity index (χ4n) is 2.66. The molecule has 114 valence electrons. The van der Waals surface area contributed by atoms with Crippen molar-refractivity contribution in [3.63, 3.8) is 0 Å². The van der Waals surface area contributed by atoms with Gasteiger partial charge in [-0.05, 0) is 50.9 Å². The van der Waals surface area contributed by atoms with E-state index in [9.17, 15) is 0 Å². The highest BCUT2D eigenvalue weighted by atomic mass is 32.2. The molecule has 2 aromatic rings. The van der Waals surface area contributed by atoms with Gasteiger partial charge >= 0.3 is 0 Å². The lowest BCUT2D eigenvalue weighted by Gasteiger charge is -2.32. The van der Waals surface area contributed by atoms with E-state index in [1.807, 2.05) is 18.7 Å². The minimum atomic E-state index is 0.248. The minimum Gasteiger partial charge on any atom is -0.329 e. The van der Waals surface area contributed by atoms with Gasteiger partial charge in [-0.25, -0.2) is 0 Å². The minimum absolute atomic E-state index is 0.248. The van der Waals surface area contributed by atoms with Gasteiger partial charge in [0.25, 0.3) is 0 Å². The number of pyridine rings is 1. The summed E-state index contributed by atoms with van der Waals surface area (Å²) in [7, 11) is 2.16. The van der Waals surface area contributed by atoms with Gasteiger partial charge in [0.15, 0.2) is 0 Å². The summed E-state index contributed by atoms with van der Waals surface area (Å²) >= 11 is 1.87. The first-order valence-corrected chi connectivity index (χ1v) is 8.74. The number of hydrogen-bond acceptors (Lipinski definition) is 4. The zero-order valence-electron chi connectivity index (χ0n) is 13.3. The van der Waals surface area contributed by atoms with Crippen molar-refractivity contribution in [1.29, 1.82) is 0 Å². The Bertz CT molecular complexity index is 600. The number of aryl methyl sites for hydroxylation is 1. The quantitative estimate of drug-likeness (QED) is 0.889. The van der Waals surface area contributed by atoms with E-state index >= 15 is 0 Å². The van der Waals surface area contributed by atoms with Crippen LogP contribution in [-0.4, -0.2) is 41.5 Å². The Morgan fingerprint density at radius 1 is 1.29 bits per heavy atom. The molecule has 2 unspecified atom stereocenters. The molecule has 1 aromatic heterocycles. The summed E-state index contributed by atoms with van der Waals surface area (Å²) in [5.74, 6) is 1.11. The van der Waals surface area contributed by atoms with Crippen LogP contribution < -0.4 is 5.73 Å². The summed E-state index contributed by atoms with van der Waals surface area (Å²) in [6.45, 7) is 4.90. The second-order valence-corrected chi connectivity index (χ2v) is 6.54. The van der Waals surface area contributed by atoms with E-state index < -0.39 is 0 Å². The first kappa shape index (κ1) is 16.3. The van der Waals surface area contributed by atoms with Gasteiger partial charge in [0.05, 0.1) is 5.52 Å². The molecule has 0 amide bonds. The van der Waals surface area contributed by atoms with E-state index in [0.29, 0.717) is 12.6 Å². The summed E-state index contributed by atoms with van der Waals surface area (Å²) in [6.07, 6.45) is 2.14. The fraction of sp³-hybridized carbons (Fsp3) is 0.471. The zero-order chi connectivity index (χ0) is 15.4. The molecule has 3 nitrogen and oxygen atoms in total. The predicted octanol–water partition coefficient (Wildman–Crippen LogP) is 3.23. The maximum atomic E-state index is 6.04. The molecule has 0 aliphatic carbocycles. The molecule has 0 saturated heterocycles. The average molecular weight is 303 g/mol. The number of rotatable bonds is 6. The van der Waals surface area contributed by atoms with Gasteiger partial charge in [-0.15, -0.1) is 0 Å². The second kappa shape index (κ2) is 7.25. The molecule has 1 heterocycles. The third-order valence-electron chi connectivity index (χ3n) is 4.06. The maximum absolute atomic E-state index is 6.04. The normalized spacial score (nSPS) is 14.6.